The summed E-state index contributed by atoms with van der Waals surface area (Å²) < 4.78 is 0.959. The quantitative estimate of drug-likeness (QED) is 0.683. The minimum Gasteiger partial charge on any atom is -0.331 e. The third kappa shape index (κ3) is 3.32. The van der Waals surface area contributed by atoms with Gasteiger partial charge in [-0.05, 0) is 36.6 Å². The molecule has 132 valence electrons. The van der Waals surface area contributed by atoms with Crippen molar-refractivity contribution in [2.24, 2.45) is 0 Å². The minimum atomic E-state index is -0.622. The fraction of sp³-hybridized carbons (Fsp3) is 0.222. The van der Waals surface area contributed by atoms with E-state index in [4.69, 9.17) is 0 Å². The Morgan fingerprint density at radius 3 is 2.77 bits per heavy atom. The first kappa shape index (κ1) is 16.7. The number of carbonyl (C=O) groups excluding carboxylic acids is 1. The number of fused-ring (bicyclic) bond motifs is 1. The number of rotatable bonds is 4. The molecule has 0 unspecified atom stereocenters. The van der Waals surface area contributed by atoms with Crippen LogP contribution >= 0.6 is 15.9 Å². The van der Waals surface area contributed by atoms with Gasteiger partial charge in [0.2, 0.25) is 0 Å². The average molecular weight is 415 g/mol. The van der Waals surface area contributed by atoms with E-state index in [1.165, 1.54) is 12.3 Å². The number of nitrogens with one attached hydrogen (secondary N) is 2. The molecule has 26 heavy (non-hydrogen) atoms. The van der Waals surface area contributed by atoms with Crippen molar-refractivity contribution < 1.29 is 4.79 Å². The highest BCUT2D eigenvalue weighted by Crippen LogP contribution is 2.30. The Morgan fingerprint density at radius 2 is 2.04 bits per heavy atom. The van der Waals surface area contributed by atoms with E-state index >= 15 is 0 Å². The average Bonchev–Trinajstić information content (AvgIpc) is 3.44. The van der Waals surface area contributed by atoms with Crippen molar-refractivity contribution in [3.8, 4) is 0 Å². The molecule has 0 saturated heterocycles. The number of hydrogen-bond acceptors (Lipinski definition) is 4. The molecular formula is C18H15BrN4O3. The Labute approximate surface area is 156 Å². The van der Waals surface area contributed by atoms with Gasteiger partial charge in [-0.25, -0.2) is 9.78 Å². The van der Waals surface area contributed by atoms with Gasteiger partial charge < -0.3 is 4.90 Å². The van der Waals surface area contributed by atoms with Crippen molar-refractivity contribution in [3.05, 3.63) is 73.0 Å². The molecule has 1 amide bonds. The van der Waals surface area contributed by atoms with Crippen molar-refractivity contribution >= 4 is 32.9 Å². The topological polar surface area (TPSA) is 98.9 Å². The molecule has 3 aromatic rings. The molecule has 0 bridgehead atoms. The van der Waals surface area contributed by atoms with E-state index in [1.807, 2.05) is 29.2 Å². The number of nitrogens with zero attached hydrogens (tertiary/aromatic N) is 2. The van der Waals surface area contributed by atoms with Gasteiger partial charge in [0.15, 0.2) is 0 Å². The largest absolute Gasteiger partial charge is 0.331 e. The van der Waals surface area contributed by atoms with Crippen LogP contribution in [0.5, 0.6) is 0 Å². The molecule has 0 radical (unpaired) electrons. The van der Waals surface area contributed by atoms with Crippen LogP contribution in [0.1, 0.15) is 28.8 Å². The summed E-state index contributed by atoms with van der Waals surface area (Å²) in [5.41, 5.74) is 0.340. The monoisotopic (exact) mass is 414 g/mol. The highest BCUT2D eigenvalue weighted by molar-refractivity contribution is 9.10. The van der Waals surface area contributed by atoms with Gasteiger partial charge in [-0.1, -0.05) is 28.1 Å². The van der Waals surface area contributed by atoms with Gasteiger partial charge in [0.1, 0.15) is 5.65 Å². The van der Waals surface area contributed by atoms with Crippen molar-refractivity contribution in [2.45, 2.75) is 25.4 Å². The Hall–Kier alpha value is -2.74. The lowest BCUT2D eigenvalue weighted by Crippen LogP contribution is -2.33. The zero-order valence-corrected chi connectivity index (χ0v) is 15.2. The molecular weight excluding hydrogens is 400 g/mol. The fourth-order valence-corrected chi connectivity index (χ4v) is 3.36. The summed E-state index contributed by atoms with van der Waals surface area (Å²) in [4.78, 5) is 46.8. The van der Waals surface area contributed by atoms with E-state index in [0.29, 0.717) is 12.1 Å². The van der Waals surface area contributed by atoms with Gasteiger partial charge in [0.25, 0.3) is 11.5 Å². The summed E-state index contributed by atoms with van der Waals surface area (Å²) in [6.07, 6.45) is 3.33. The van der Waals surface area contributed by atoms with E-state index < -0.39 is 11.2 Å². The van der Waals surface area contributed by atoms with E-state index in [1.54, 1.807) is 0 Å². The maximum Gasteiger partial charge on any atom is 0.327 e. The van der Waals surface area contributed by atoms with Crippen LogP contribution in [0.3, 0.4) is 0 Å². The molecule has 1 saturated carbocycles. The molecule has 7 nitrogen and oxygen atoms in total. The molecule has 1 aliphatic rings. The van der Waals surface area contributed by atoms with Crippen LogP contribution in [0, 0.1) is 0 Å². The summed E-state index contributed by atoms with van der Waals surface area (Å²) in [5.74, 6) is -0.174. The molecule has 4 rings (SSSR count). The summed E-state index contributed by atoms with van der Waals surface area (Å²) >= 11 is 3.45. The second-order valence-corrected chi connectivity index (χ2v) is 7.24. The maximum atomic E-state index is 13.0. The summed E-state index contributed by atoms with van der Waals surface area (Å²) in [7, 11) is 0. The van der Waals surface area contributed by atoms with E-state index in [-0.39, 0.29) is 23.0 Å². The van der Waals surface area contributed by atoms with Gasteiger partial charge in [0.05, 0.1) is 10.9 Å². The molecule has 1 fully saturated rings. The third-order valence-corrected chi connectivity index (χ3v) is 4.82. The van der Waals surface area contributed by atoms with E-state index in [0.717, 1.165) is 22.9 Å². The van der Waals surface area contributed by atoms with Crippen LogP contribution in [-0.2, 0) is 6.54 Å². The number of aromatic amines is 2. The van der Waals surface area contributed by atoms with Crippen LogP contribution in [0.15, 0.2) is 50.6 Å². The van der Waals surface area contributed by atoms with Crippen LogP contribution in [0.25, 0.3) is 11.0 Å². The molecule has 8 heteroatoms. The van der Waals surface area contributed by atoms with Crippen molar-refractivity contribution in [1.82, 2.24) is 19.9 Å². The first-order valence-electron chi connectivity index (χ1n) is 8.19. The Balaban J connectivity index is 1.69. The van der Waals surface area contributed by atoms with Gasteiger partial charge >= 0.3 is 5.69 Å². The smallest absolute Gasteiger partial charge is 0.327 e. The van der Waals surface area contributed by atoms with Crippen molar-refractivity contribution in [3.63, 3.8) is 0 Å². The van der Waals surface area contributed by atoms with Crippen LogP contribution in [0.2, 0.25) is 0 Å². The number of benzene rings is 1. The van der Waals surface area contributed by atoms with E-state index in [9.17, 15) is 14.4 Å². The summed E-state index contributed by atoms with van der Waals surface area (Å²) in [6, 6.07) is 9.51. The summed E-state index contributed by atoms with van der Waals surface area (Å²) in [6.45, 7) is 0.489. The van der Waals surface area contributed by atoms with Gasteiger partial charge in [-0.3, -0.25) is 19.6 Å². The number of pyridine rings is 1. The highest BCUT2D eigenvalue weighted by Gasteiger charge is 2.33. The predicted octanol–water partition coefficient (Wildman–Crippen LogP) is 2.18. The summed E-state index contributed by atoms with van der Waals surface area (Å²) in [5, 5.41) is 0.189. The SMILES string of the molecule is O=C(c1cnc2[nH]c(=O)[nH]c(=O)c2c1)N(Cc1cccc(Br)c1)C1CC1. The Morgan fingerprint density at radius 1 is 1.23 bits per heavy atom. The number of halogens is 1. The molecule has 2 aromatic heterocycles. The Kier molecular flexibility index (Phi) is 4.20. The maximum absolute atomic E-state index is 13.0. The fourth-order valence-electron chi connectivity index (χ4n) is 2.91. The number of carbonyl (C=O) groups is 1. The number of H-pyrrole nitrogens is 2. The van der Waals surface area contributed by atoms with Crippen molar-refractivity contribution in [2.75, 3.05) is 0 Å². The van der Waals surface area contributed by atoms with Crippen LogP contribution in [-0.4, -0.2) is 31.8 Å². The Bertz CT molecular complexity index is 1120. The molecule has 0 atom stereocenters. The number of amides is 1. The molecule has 1 aromatic carbocycles. The van der Waals surface area contributed by atoms with Crippen LogP contribution in [0.4, 0.5) is 0 Å². The normalized spacial score (nSPS) is 13.7. The number of aromatic nitrogens is 3. The second kappa shape index (κ2) is 6.53. The third-order valence-electron chi connectivity index (χ3n) is 4.33. The molecule has 2 N–H and O–H groups in total. The van der Waals surface area contributed by atoms with E-state index in [2.05, 4.69) is 30.9 Å². The lowest BCUT2D eigenvalue weighted by atomic mass is 10.1. The van der Waals surface area contributed by atoms with Crippen molar-refractivity contribution in [1.29, 1.82) is 0 Å². The first-order valence-corrected chi connectivity index (χ1v) is 8.98. The minimum absolute atomic E-state index is 0.167. The molecule has 0 aliphatic heterocycles. The van der Waals surface area contributed by atoms with Gasteiger partial charge in [-0.15, -0.1) is 0 Å². The second-order valence-electron chi connectivity index (χ2n) is 6.32. The lowest BCUT2D eigenvalue weighted by molar-refractivity contribution is 0.0729. The van der Waals surface area contributed by atoms with Crippen LogP contribution < -0.4 is 11.2 Å². The lowest BCUT2D eigenvalue weighted by Gasteiger charge is -2.22. The number of hydrogen-bond donors (Lipinski definition) is 2. The first-order chi connectivity index (χ1) is 12.5. The zero-order valence-electron chi connectivity index (χ0n) is 13.7. The molecule has 2 heterocycles. The zero-order chi connectivity index (χ0) is 18.3. The molecule has 1 aliphatic carbocycles. The highest BCUT2D eigenvalue weighted by atomic mass is 79.9. The molecule has 0 spiro atoms. The standard InChI is InChI=1S/C18H15BrN4O3/c19-12-3-1-2-10(6-12)9-23(13-4-5-13)17(25)11-7-14-15(20-8-11)21-18(26)22-16(14)24/h1-3,6-8,13H,4-5,9H2,(H2,20,21,22,24,26). The van der Waals surface area contributed by atoms with Gasteiger partial charge in [0, 0.05) is 23.3 Å². The van der Waals surface area contributed by atoms with Gasteiger partial charge in [-0.2, -0.15) is 0 Å². The predicted molar refractivity (Wildman–Crippen MR) is 100 cm³/mol.